The Morgan fingerprint density at radius 2 is 2.50 bits per heavy atom. The third kappa shape index (κ3) is 4.46. The van der Waals surface area contributed by atoms with Gasteiger partial charge in [0.15, 0.2) is 0 Å². The fraction of sp³-hybridized carbons (Fsp3) is 0.800. The minimum absolute atomic E-state index is 0.951. The number of nitrogens with two attached hydrogens (primary N) is 1. The van der Waals surface area contributed by atoms with Crippen LogP contribution in [-0.2, 0) is 15.6 Å². The molecule has 0 aliphatic carbocycles. The number of carbonyl (C=O) groups is 1. The maximum absolute atomic E-state index is 10.9. The van der Waals surface area contributed by atoms with Gasteiger partial charge in [-0.2, -0.15) is 0 Å². The average molecular weight is 169 g/mol. The van der Waals surface area contributed by atoms with Crippen molar-refractivity contribution in [3.8, 4) is 0 Å². The van der Waals surface area contributed by atoms with Crippen LogP contribution in [-0.4, -0.2) is 33.3 Å². The summed E-state index contributed by atoms with van der Waals surface area (Å²) in [6, 6.07) is -2.05. The van der Waals surface area contributed by atoms with E-state index in [9.17, 15) is 9.00 Å². The molecule has 3 N–H and O–H groups in total. The standard InChI is InChI=1S/C5H11NO3S/c1-10(9)3-2-4(6)5(7)8/h4H,2-3,6H2,1H3,(H,7,8)/t4-,10?/m0/s1/i2D2,3D2. The topological polar surface area (TPSA) is 80.4 Å². The molecular weight excluding hydrogens is 154 g/mol. The summed E-state index contributed by atoms with van der Waals surface area (Å²) >= 11 is 0. The van der Waals surface area contributed by atoms with E-state index in [1.807, 2.05) is 0 Å². The van der Waals surface area contributed by atoms with Crippen molar-refractivity contribution in [1.29, 1.82) is 0 Å². The van der Waals surface area contributed by atoms with Crippen LogP contribution in [0, 0.1) is 0 Å². The predicted molar refractivity (Wildman–Crippen MR) is 39.2 cm³/mol. The van der Waals surface area contributed by atoms with Crippen LogP contribution in [0.1, 0.15) is 11.9 Å². The molecule has 0 amide bonds. The van der Waals surface area contributed by atoms with Gasteiger partial charge in [-0.25, -0.2) is 0 Å². The molecule has 0 radical (unpaired) electrons. The Hall–Kier alpha value is -0.420. The second kappa shape index (κ2) is 4.40. The van der Waals surface area contributed by atoms with Crippen LogP contribution in [0.3, 0.4) is 0 Å². The van der Waals surface area contributed by atoms with Gasteiger partial charge in [0.05, 0.1) is 0 Å². The zero-order valence-electron chi connectivity index (χ0n) is 9.33. The maximum atomic E-state index is 10.9. The molecule has 0 spiro atoms. The molecule has 0 aromatic rings. The minimum Gasteiger partial charge on any atom is -0.480 e. The zero-order chi connectivity index (χ0) is 11.7. The maximum Gasteiger partial charge on any atom is 0.320 e. The SMILES string of the molecule is [2H]C([2H])([C@H](N)C(=O)O)C([2H])([2H])S(C)=O. The monoisotopic (exact) mass is 169 g/mol. The van der Waals surface area contributed by atoms with Gasteiger partial charge in [0.2, 0.25) is 0 Å². The van der Waals surface area contributed by atoms with Gasteiger partial charge in [0.25, 0.3) is 0 Å². The number of rotatable bonds is 4. The Morgan fingerprint density at radius 1 is 2.00 bits per heavy atom. The molecule has 0 saturated carbocycles. The van der Waals surface area contributed by atoms with Gasteiger partial charge in [-0.05, 0) is 6.37 Å². The molecule has 0 aromatic carbocycles. The van der Waals surface area contributed by atoms with Crippen molar-refractivity contribution in [3.05, 3.63) is 0 Å². The van der Waals surface area contributed by atoms with Crippen LogP contribution in [0.5, 0.6) is 0 Å². The molecule has 0 saturated heterocycles. The Bertz CT molecular complexity index is 270. The van der Waals surface area contributed by atoms with Gasteiger partial charge in [0, 0.05) is 28.2 Å². The summed E-state index contributed by atoms with van der Waals surface area (Å²) in [6.45, 7) is 0. The van der Waals surface area contributed by atoms with Crippen molar-refractivity contribution in [1.82, 2.24) is 0 Å². The minimum atomic E-state index is -2.89. The molecule has 0 aliphatic rings. The lowest BCUT2D eigenvalue weighted by molar-refractivity contribution is -0.138. The van der Waals surface area contributed by atoms with Crippen molar-refractivity contribution in [2.75, 3.05) is 12.0 Å². The predicted octanol–water partition coefficient (Wildman–Crippen LogP) is -0.833. The van der Waals surface area contributed by atoms with Crippen molar-refractivity contribution in [2.24, 2.45) is 5.73 Å². The summed E-state index contributed by atoms with van der Waals surface area (Å²) in [4.78, 5) is 10.4. The van der Waals surface area contributed by atoms with Gasteiger partial charge in [0.1, 0.15) is 6.04 Å². The lowest BCUT2D eigenvalue weighted by Crippen LogP contribution is -2.31. The molecule has 1 unspecified atom stereocenters. The molecule has 0 aromatic heterocycles. The summed E-state index contributed by atoms with van der Waals surface area (Å²) in [6.07, 6.45) is -1.94. The number of hydrogen-bond donors (Lipinski definition) is 2. The number of carboxylic acids is 1. The fourth-order valence-corrected chi connectivity index (χ4v) is 0.501. The largest absolute Gasteiger partial charge is 0.480 e. The van der Waals surface area contributed by atoms with E-state index in [1.165, 1.54) is 0 Å². The van der Waals surface area contributed by atoms with Crippen LogP contribution < -0.4 is 5.73 Å². The Kier molecular flexibility index (Phi) is 1.96. The van der Waals surface area contributed by atoms with Gasteiger partial charge in [-0.1, -0.05) is 0 Å². The molecule has 0 rings (SSSR count). The molecule has 0 heterocycles. The molecule has 60 valence electrons. The number of aliphatic carboxylic acids is 1. The van der Waals surface area contributed by atoms with Crippen molar-refractivity contribution >= 4 is 16.8 Å². The highest BCUT2D eigenvalue weighted by atomic mass is 32.2. The van der Waals surface area contributed by atoms with E-state index in [1.54, 1.807) is 0 Å². The lowest BCUT2D eigenvalue weighted by atomic mass is 10.2. The smallest absolute Gasteiger partial charge is 0.320 e. The third-order valence-corrected chi connectivity index (χ3v) is 1.03. The first-order valence-electron chi connectivity index (χ1n) is 4.37. The highest BCUT2D eigenvalue weighted by molar-refractivity contribution is 7.84. The van der Waals surface area contributed by atoms with Gasteiger partial charge in [-0.3, -0.25) is 9.00 Å². The molecule has 5 heteroatoms. The van der Waals surface area contributed by atoms with Crippen LogP contribution in [0.15, 0.2) is 0 Å². The van der Waals surface area contributed by atoms with Crippen LogP contribution >= 0.6 is 0 Å². The van der Waals surface area contributed by atoms with E-state index >= 15 is 0 Å². The quantitative estimate of drug-likeness (QED) is 0.575. The summed E-state index contributed by atoms with van der Waals surface area (Å²) in [5, 5.41) is 8.43. The van der Waals surface area contributed by atoms with Gasteiger partial charge < -0.3 is 10.8 Å². The highest BCUT2D eigenvalue weighted by Crippen LogP contribution is 1.89. The second-order valence-corrected chi connectivity index (χ2v) is 2.63. The molecule has 10 heavy (non-hydrogen) atoms. The summed E-state index contributed by atoms with van der Waals surface area (Å²) < 4.78 is 39.6. The average Bonchev–Trinajstić information content (AvgIpc) is 2.01. The van der Waals surface area contributed by atoms with Gasteiger partial charge >= 0.3 is 5.97 Å². The summed E-state index contributed by atoms with van der Waals surface area (Å²) in [5.41, 5.74) is 2.17. The van der Waals surface area contributed by atoms with E-state index in [4.69, 9.17) is 16.3 Å². The van der Waals surface area contributed by atoms with Gasteiger partial charge in [-0.15, -0.1) is 0 Å². The Labute approximate surface area is 67.5 Å². The van der Waals surface area contributed by atoms with Crippen molar-refractivity contribution < 1.29 is 19.6 Å². The molecule has 0 fully saturated rings. The molecular formula is C5H11NO3S. The third-order valence-electron chi connectivity index (χ3n) is 0.624. The number of hydrogen-bond acceptors (Lipinski definition) is 3. The van der Waals surface area contributed by atoms with E-state index in [0.717, 1.165) is 6.26 Å². The normalized spacial score (nSPS) is 25.0. The lowest BCUT2D eigenvalue weighted by Gasteiger charge is -2.02. The first-order valence-corrected chi connectivity index (χ1v) is 3.93. The fourth-order valence-electron chi connectivity index (χ4n) is 0.208. The van der Waals surface area contributed by atoms with Crippen molar-refractivity contribution in [3.63, 3.8) is 0 Å². The summed E-state index contributed by atoms with van der Waals surface area (Å²) in [5.74, 6) is -1.68. The van der Waals surface area contributed by atoms with E-state index < -0.39 is 34.9 Å². The summed E-state index contributed by atoms with van der Waals surface area (Å²) in [7, 11) is -2.17. The van der Waals surface area contributed by atoms with E-state index in [-0.39, 0.29) is 0 Å². The van der Waals surface area contributed by atoms with E-state index in [2.05, 4.69) is 0 Å². The molecule has 0 bridgehead atoms. The van der Waals surface area contributed by atoms with Crippen LogP contribution in [0.2, 0.25) is 0 Å². The second-order valence-electron chi connectivity index (χ2n) is 1.52. The number of carboxylic acid groups (broad SMARTS) is 1. The first-order chi connectivity index (χ1) is 6.05. The molecule has 2 atom stereocenters. The highest BCUT2D eigenvalue weighted by Gasteiger charge is 2.10. The Morgan fingerprint density at radius 3 is 2.80 bits per heavy atom. The molecule has 0 aliphatic heterocycles. The first kappa shape index (κ1) is 4.46. The van der Waals surface area contributed by atoms with Crippen LogP contribution in [0.25, 0.3) is 0 Å². The molecule has 4 nitrogen and oxygen atoms in total. The van der Waals surface area contributed by atoms with Crippen LogP contribution in [0.4, 0.5) is 0 Å². The zero-order valence-corrected chi connectivity index (χ0v) is 6.14. The van der Waals surface area contributed by atoms with Crippen molar-refractivity contribution in [2.45, 2.75) is 12.4 Å². The Balaban J connectivity index is 5.13. The van der Waals surface area contributed by atoms with E-state index in [0.29, 0.717) is 0 Å².